The minimum Gasteiger partial charge on any atom is -0.368 e. The molecule has 0 saturated heterocycles. The molecule has 1 rings (SSSR count). The quantitative estimate of drug-likeness (QED) is 0.856. The van der Waals surface area contributed by atoms with Gasteiger partial charge in [-0.1, -0.05) is 13.8 Å². The lowest BCUT2D eigenvalue weighted by Gasteiger charge is -2.23. The zero-order valence-electron chi connectivity index (χ0n) is 9.89. The lowest BCUT2D eigenvalue weighted by atomic mass is 10.2. The van der Waals surface area contributed by atoms with Crippen LogP contribution in [0.3, 0.4) is 0 Å². The molecular weight excluding hydrogens is 240 g/mol. The van der Waals surface area contributed by atoms with Gasteiger partial charge >= 0.3 is 0 Å². The van der Waals surface area contributed by atoms with Crippen molar-refractivity contribution in [2.75, 3.05) is 23.7 Å². The largest absolute Gasteiger partial charge is 0.368 e. The molecule has 0 bridgehead atoms. The molecule has 2 N–H and O–H groups in total. The predicted molar refractivity (Wildman–Crippen MR) is 66.5 cm³/mol. The van der Waals surface area contributed by atoms with Crippen LogP contribution in [-0.2, 0) is 0 Å². The van der Waals surface area contributed by atoms with E-state index in [1.54, 1.807) is 0 Å². The van der Waals surface area contributed by atoms with Gasteiger partial charge in [0.1, 0.15) is 0 Å². The van der Waals surface area contributed by atoms with Gasteiger partial charge in [-0.25, -0.2) is 0 Å². The molecular formula is C10H15ClN6. The number of nitrogens with two attached hydrogens (primary N) is 1. The van der Waals surface area contributed by atoms with Crippen molar-refractivity contribution in [2.24, 2.45) is 5.92 Å². The SMILES string of the molecule is CC(C)CN(CCC#N)c1nc(N)nc(Cl)n1. The standard InChI is InChI=1S/C10H15ClN6/c1-7(2)6-17(5-3-4-12)10-15-8(11)14-9(13)16-10/h7H,3,5-6H2,1-2H3,(H2,13,14,15,16). The molecule has 92 valence electrons. The highest BCUT2D eigenvalue weighted by Gasteiger charge is 2.13. The summed E-state index contributed by atoms with van der Waals surface area (Å²) >= 11 is 5.73. The third-order valence-corrected chi connectivity index (χ3v) is 2.14. The molecule has 0 radical (unpaired) electrons. The van der Waals surface area contributed by atoms with Crippen LogP contribution in [0.5, 0.6) is 0 Å². The first-order valence-corrected chi connectivity index (χ1v) is 5.69. The van der Waals surface area contributed by atoms with Gasteiger partial charge in [0.15, 0.2) is 0 Å². The summed E-state index contributed by atoms with van der Waals surface area (Å²) in [5.41, 5.74) is 5.52. The van der Waals surface area contributed by atoms with E-state index in [1.165, 1.54) is 0 Å². The Bertz CT molecular complexity index is 393. The molecule has 0 spiro atoms. The van der Waals surface area contributed by atoms with E-state index < -0.39 is 0 Å². The van der Waals surface area contributed by atoms with E-state index in [0.29, 0.717) is 24.8 Å². The first kappa shape index (κ1) is 13.5. The molecule has 6 nitrogen and oxygen atoms in total. The van der Waals surface area contributed by atoms with Crippen molar-refractivity contribution in [3.63, 3.8) is 0 Å². The molecule has 0 amide bonds. The Morgan fingerprint density at radius 3 is 2.65 bits per heavy atom. The maximum absolute atomic E-state index is 8.62. The summed E-state index contributed by atoms with van der Waals surface area (Å²) in [5.74, 6) is 0.933. The second kappa shape index (κ2) is 6.21. The summed E-state index contributed by atoms with van der Waals surface area (Å²) in [7, 11) is 0. The van der Waals surface area contributed by atoms with E-state index in [0.717, 1.165) is 6.54 Å². The first-order chi connectivity index (χ1) is 8.02. The molecule has 17 heavy (non-hydrogen) atoms. The Balaban J connectivity index is 2.91. The number of nitrogen functional groups attached to an aromatic ring is 1. The number of nitrogens with zero attached hydrogens (tertiary/aromatic N) is 5. The fraction of sp³-hybridized carbons (Fsp3) is 0.600. The van der Waals surface area contributed by atoms with E-state index in [2.05, 4.69) is 34.9 Å². The number of halogens is 1. The van der Waals surface area contributed by atoms with Crippen molar-refractivity contribution >= 4 is 23.5 Å². The molecule has 7 heteroatoms. The van der Waals surface area contributed by atoms with E-state index in [1.807, 2.05) is 4.90 Å². The predicted octanol–water partition coefficient (Wildman–Crippen LogP) is 1.48. The summed E-state index contributed by atoms with van der Waals surface area (Å²) in [4.78, 5) is 13.6. The summed E-state index contributed by atoms with van der Waals surface area (Å²) in [5, 5.41) is 8.69. The van der Waals surface area contributed by atoms with Crippen molar-refractivity contribution < 1.29 is 0 Å². The van der Waals surface area contributed by atoms with Gasteiger partial charge in [0.05, 0.1) is 12.5 Å². The summed E-state index contributed by atoms with van der Waals surface area (Å²) in [6.45, 7) is 5.44. The highest BCUT2D eigenvalue weighted by atomic mass is 35.5. The maximum Gasteiger partial charge on any atom is 0.231 e. The lowest BCUT2D eigenvalue weighted by molar-refractivity contribution is 0.602. The van der Waals surface area contributed by atoms with E-state index >= 15 is 0 Å². The van der Waals surface area contributed by atoms with Crippen LogP contribution in [0.1, 0.15) is 20.3 Å². The van der Waals surface area contributed by atoms with Gasteiger partial charge in [-0.3, -0.25) is 0 Å². The monoisotopic (exact) mass is 254 g/mol. The zero-order chi connectivity index (χ0) is 12.8. The van der Waals surface area contributed by atoms with E-state index in [9.17, 15) is 0 Å². The second-order valence-electron chi connectivity index (χ2n) is 4.01. The minimum absolute atomic E-state index is 0.0678. The normalized spacial score (nSPS) is 10.3. The van der Waals surface area contributed by atoms with Crippen molar-refractivity contribution in [3.8, 4) is 6.07 Å². The average Bonchev–Trinajstić information content (AvgIpc) is 2.22. The maximum atomic E-state index is 8.62. The second-order valence-corrected chi connectivity index (χ2v) is 4.35. The molecule has 0 atom stereocenters. The number of anilines is 2. The van der Waals surface area contributed by atoms with Crippen LogP contribution in [0, 0.1) is 17.2 Å². The first-order valence-electron chi connectivity index (χ1n) is 5.32. The number of aromatic nitrogens is 3. The molecule has 0 unspecified atom stereocenters. The number of rotatable bonds is 5. The van der Waals surface area contributed by atoms with Crippen molar-refractivity contribution in [1.29, 1.82) is 5.26 Å². The minimum atomic E-state index is 0.0678. The molecule has 1 heterocycles. The van der Waals surface area contributed by atoms with Gasteiger partial charge in [-0.05, 0) is 17.5 Å². The number of hydrogen-bond acceptors (Lipinski definition) is 6. The van der Waals surface area contributed by atoms with Crippen molar-refractivity contribution in [3.05, 3.63) is 5.28 Å². The summed E-state index contributed by atoms with van der Waals surface area (Å²) < 4.78 is 0. The van der Waals surface area contributed by atoms with Crippen LogP contribution in [0.4, 0.5) is 11.9 Å². The molecule has 0 aliphatic carbocycles. The third kappa shape index (κ3) is 4.41. The van der Waals surface area contributed by atoms with Crippen LogP contribution in [-0.4, -0.2) is 28.0 Å². The van der Waals surface area contributed by atoms with Crippen LogP contribution in [0.15, 0.2) is 0 Å². The molecule has 1 aromatic heterocycles. The summed E-state index contributed by atoms with van der Waals surface area (Å²) in [6, 6.07) is 2.09. The molecule has 0 saturated carbocycles. The van der Waals surface area contributed by atoms with Crippen LogP contribution in [0.25, 0.3) is 0 Å². The Hall–Kier alpha value is -1.61. The van der Waals surface area contributed by atoms with Crippen LogP contribution in [0.2, 0.25) is 5.28 Å². The van der Waals surface area contributed by atoms with Gasteiger partial charge in [-0.2, -0.15) is 20.2 Å². The third-order valence-electron chi connectivity index (χ3n) is 1.98. The topological polar surface area (TPSA) is 91.7 Å². The molecule has 0 fully saturated rings. The Morgan fingerprint density at radius 1 is 1.41 bits per heavy atom. The van der Waals surface area contributed by atoms with E-state index in [-0.39, 0.29) is 11.2 Å². The number of hydrogen-bond donors (Lipinski definition) is 1. The van der Waals surface area contributed by atoms with Gasteiger partial charge in [0.2, 0.25) is 17.2 Å². The van der Waals surface area contributed by atoms with Crippen molar-refractivity contribution in [1.82, 2.24) is 15.0 Å². The van der Waals surface area contributed by atoms with Gasteiger partial charge in [0.25, 0.3) is 0 Å². The zero-order valence-corrected chi connectivity index (χ0v) is 10.6. The van der Waals surface area contributed by atoms with Gasteiger partial charge in [-0.15, -0.1) is 0 Å². The molecule has 0 aliphatic heterocycles. The fourth-order valence-electron chi connectivity index (χ4n) is 1.39. The highest BCUT2D eigenvalue weighted by Crippen LogP contribution is 2.14. The Kier molecular flexibility index (Phi) is 4.91. The highest BCUT2D eigenvalue weighted by molar-refractivity contribution is 6.28. The number of nitriles is 1. The van der Waals surface area contributed by atoms with Crippen LogP contribution >= 0.6 is 11.6 Å². The molecule has 0 aromatic carbocycles. The molecule has 0 aliphatic rings. The fourth-order valence-corrected chi connectivity index (χ4v) is 1.56. The Labute approximate surface area is 105 Å². The van der Waals surface area contributed by atoms with Crippen molar-refractivity contribution in [2.45, 2.75) is 20.3 Å². The van der Waals surface area contributed by atoms with Crippen LogP contribution < -0.4 is 10.6 Å². The smallest absolute Gasteiger partial charge is 0.231 e. The lowest BCUT2D eigenvalue weighted by Crippen LogP contribution is -2.30. The average molecular weight is 255 g/mol. The Morgan fingerprint density at radius 2 is 2.12 bits per heavy atom. The molecule has 1 aromatic rings. The van der Waals surface area contributed by atoms with Gasteiger partial charge < -0.3 is 10.6 Å². The summed E-state index contributed by atoms with van der Waals surface area (Å²) in [6.07, 6.45) is 0.399. The van der Waals surface area contributed by atoms with Gasteiger partial charge in [0, 0.05) is 13.1 Å². The van der Waals surface area contributed by atoms with E-state index in [4.69, 9.17) is 22.6 Å².